The van der Waals surface area contributed by atoms with Crippen LogP contribution in [0.15, 0.2) is 0 Å². The third-order valence-corrected chi connectivity index (χ3v) is 1.68. The van der Waals surface area contributed by atoms with Gasteiger partial charge in [0.1, 0.15) is 0 Å². The molecule has 2 nitrogen and oxygen atoms in total. The molecule has 0 aliphatic carbocycles. The summed E-state index contributed by atoms with van der Waals surface area (Å²) < 4.78 is 0. The normalized spacial score (nSPS) is 14.1. The summed E-state index contributed by atoms with van der Waals surface area (Å²) in [6.07, 6.45) is 1.99. The molecule has 62 valence electrons. The summed E-state index contributed by atoms with van der Waals surface area (Å²) in [6, 6.07) is 0. The van der Waals surface area contributed by atoms with Gasteiger partial charge in [0.05, 0.1) is 0 Å². The summed E-state index contributed by atoms with van der Waals surface area (Å²) in [4.78, 5) is 0. The molecule has 0 aliphatic rings. The van der Waals surface area contributed by atoms with Crippen LogP contribution in [0, 0.1) is 11.8 Å². The maximum Gasteiger partial charge on any atom is 0.0434 e. The van der Waals surface area contributed by atoms with E-state index in [1.807, 2.05) is 0 Å². The number of aliphatic hydroxyl groups is 1. The molecule has 0 saturated carbocycles. The first-order valence-electron chi connectivity index (χ1n) is 4.01. The molecule has 0 rings (SSSR count). The molecule has 0 aromatic rings. The molecule has 3 N–H and O–H groups in total. The van der Waals surface area contributed by atoms with Gasteiger partial charge in [-0.25, -0.2) is 0 Å². The molecule has 0 fully saturated rings. The van der Waals surface area contributed by atoms with Gasteiger partial charge in [-0.3, -0.25) is 0 Å². The van der Waals surface area contributed by atoms with Crippen LogP contribution in [0.4, 0.5) is 0 Å². The Morgan fingerprint density at radius 2 is 2.00 bits per heavy atom. The predicted molar refractivity (Wildman–Crippen MR) is 43.7 cm³/mol. The van der Waals surface area contributed by atoms with Gasteiger partial charge >= 0.3 is 0 Å². The third kappa shape index (κ3) is 4.77. The molecule has 1 atom stereocenters. The molecule has 0 bridgehead atoms. The smallest absolute Gasteiger partial charge is 0.0434 e. The van der Waals surface area contributed by atoms with Crippen molar-refractivity contribution < 1.29 is 5.11 Å². The third-order valence-electron chi connectivity index (χ3n) is 1.68. The van der Waals surface area contributed by atoms with E-state index in [-0.39, 0.29) is 6.61 Å². The largest absolute Gasteiger partial charge is 0.396 e. The lowest BCUT2D eigenvalue weighted by atomic mass is 9.95. The Morgan fingerprint density at radius 1 is 1.40 bits per heavy atom. The summed E-state index contributed by atoms with van der Waals surface area (Å²) in [5.41, 5.74) is 5.50. The van der Waals surface area contributed by atoms with E-state index >= 15 is 0 Å². The molecule has 2 heteroatoms. The Kier molecular flexibility index (Phi) is 5.64. The first-order chi connectivity index (χ1) is 4.70. The fourth-order valence-corrected chi connectivity index (χ4v) is 1.18. The molecule has 0 amide bonds. The maximum absolute atomic E-state index is 8.63. The Balaban J connectivity index is 3.39. The highest BCUT2D eigenvalue weighted by molar-refractivity contribution is 4.61. The molecule has 0 radical (unpaired) electrons. The second kappa shape index (κ2) is 5.69. The predicted octanol–water partition coefficient (Wildman–Crippen LogP) is 0.990. The number of hydrogen-bond acceptors (Lipinski definition) is 2. The zero-order valence-corrected chi connectivity index (χ0v) is 7.01. The van der Waals surface area contributed by atoms with E-state index in [1.165, 1.54) is 0 Å². The van der Waals surface area contributed by atoms with Gasteiger partial charge in [0.2, 0.25) is 0 Å². The van der Waals surface area contributed by atoms with E-state index in [1.54, 1.807) is 0 Å². The fraction of sp³-hybridized carbons (Fsp3) is 1.00. The summed E-state index contributed by atoms with van der Waals surface area (Å²) >= 11 is 0. The molecule has 0 unspecified atom stereocenters. The number of nitrogens with two attached hydrogens (primary N) is 1. The average molecular weight is 145 g/mol. The van der Waals surface area contributed by atoms with Crippen molar-refractivity contribution in [2.24, 2.45) is 17.6 Å². The first kappa shape index (κ1) is 9.92. The topological polar surface area (TPSA) is 46.2 Å². The molecular formula is C8H19NO. The van der Waals surface area contributed by atoms with Crippen molar-refractivity contribution >= 4 is 0 Å². The lowest BCUT2D eigenvalue weighted by Crippen LogP contribution is -2.17. The highest BCUT2D eigenvalue weighted by atomic mass is 16.3. The van der Waals surface area contributed by atoms with Crippen LogP contribution in [0.25, 0.3) is 0 Å². The fourth-order valence-electron chi connectivity index (χ4n) is 1.18. The summed E-state index contributed by atoms with van der Waals surface area (Å²) in [5, 5.41) is 8.63. The standard InChI is InChI=1S/C8H19NO/c1-7(2)5-8(6-9)3-4-10/h7-8,10H,3-6,9H2,1-2H3/t8-/m0/s1. The van der Waals surface area contributed by atoms with E-state index in [0.29, 0.717) is 18.4 Å². The quantitative estimate of drug-likeness (QED) is 0.606. The monoisotopic (exact) mass is 145 g/mol. The Labute approximate surface area is 63.4 Å². The number of aliphatic hydroxyl groups excluding tert-OH is 1. The van der Waals surface area contributed by atoms with Crippen LogP contribution in [0.5, 0.6) is 0 Å². The molecule has 0 saturated heterocycles. The second-order valence-electron chi connectivity index (χ2n) is 3.24. The van der Waals surface area contributed by atoms with Gasteiger partial charge in [-0.05, 0) is 31.2 Å². The van der Waals surface area contributed by atoms with E-state index in [9.17, 15) is 0 Å². The lowest BCUT2D eigenvalue weighted by Gasteiger charge is -2.14. The van der Waals surface area contributed by atoms with Gasteiger partial charge in [-0.15, -0.1) is 0 Å². The second-order valence-corrected chi connectivity index (χ2v) is 3.24. The highest BCUT2D eigenvalue weighted by Gasteiger charge is 2.07. The summed E-state index contributed by atoms with van der Waals surface area (Å²) in [7, 11) is 0. The van der Waals surface area contributed by atoms with E-state index in [0.717, 1.165) is 12.8 Å². The Morgan fingerprint density at radius 3 is 2.30 bits per heavy atom. The van der Waals surface area contributed by atoms with E-state index < -0.39 is 0 Å². The zero-order chi connectivity index (χ0) is 7.98. The van der Waals surface area contributed by atoms with E-state index in [2.05, 4.69) is 13.8 Å². The van der Waals surface area contributed by atoms with Crippen LogP contribution in [-0.4, -0.2) is 18.3 Å². The van der Waals surface area contributed by atoms with Gasteiger partial charge < -0.3 is 10.8 Å². The minimum atomic E-state index is 0.272. The molecule has 0 aliphatic heterocycles. The van der Waals surface area contributed by atoms with Gasteiger partial charge in [0, 0.05) is 6.61 Å². The number of hydrogen-bond donors (Lipinski definition) is 2. The van der Waals surface area contributed by atoms with Crippen molar-refractivity contribution in [2.75, 3.05) is 13.2 Å². The minimum absolute atomic E-state index is 0.272. The molecule has 0 aromatic heterocycles. The van der Waals surface area contributed by atoms with Gasteiger partial charge in [0.25, 0.3) is 0 Å². The van der Waals surface area contributed by atoms with Crippen LogP contribution in [0.3, 0.4) is 0 Å². The van der Waals surface area contributed by atoms with Gasteiger partial charge in [-0.1, -0.05) is 13.8 Å². The van der Waals surface area contributed by atoms with Crippen molar-refractivity contribution in [3.8, 4) is 0 Å². The van der Waals surface area contributed by atoms with Crippen molar-refractivity contribution in [3.63, 3.8) is 0 Å². The van der Waals surface area contributed by atoms with Crippen LogP contribution < -0.4 is 5.73 Å². The SMILES string of the molecule is CC(C)C[C@@H](CN)CCO. The van der Waals surface area contributed by atoms with Crippen molar-refractivity contribution in [3.05, 3.63) is 0 Å². The van der Waals surface area contributed by atoms with Crippen molar-refractivity contribution in [2.45, 2.75) is 26.7 Å². The van der Waals surface area contributed by atoms with Crippen LogP contribution in [-0.2, 0) is 0 Å². The molecular weight excluding hydrogens is 126 g/mol. The molecule has 10 heavy (non-hydrogen) atoms. The van der Waals surface area contributed by atoms with Gasteiger partial charge in [-0.2, -0.15) is 0 Å². The molecule has 0 aromatic carbocycles. The first-order valence-corrected chi connectivity index (χ1v) is 4.01. The Bertz CT molecular complexity index is 73.7. The van der Waals surface area contributed by atoms with Crippen LogP contribution >= 0.6 is 0 Å². The van der Waals surface area contributed by atoms with Crippen molar-refractivity contribution in [1.29, 1.82) is 0 Å². The lowest BCUT2D eigenvalue weighted by molar-refractivity contribution is 0.245. The van der Waals surface area contributed by atoms with Crippen molar-refractivity contribution in [1.82, 2.24) is 0 Å². The molecule has 0 spiro atoms. The summed E-state index contributed by atoms with van der Waals surface area (Å²) in [6.45, 7) is 5.34. The zero-order valence-electron chi connectivity index (χ0n) is 7.01. The summed E-state index contributed by atoms with van der Waals surface area (Å²) in [5.74, 6) is 1.21. The average Bonchev–Trinajstić information content (AvgIpc) is 1.86. The van der Waals surface area contributed by atoms with E-state index in [4.69, 9.17) is 10.8 Å². The highest BCUT2D eigenvalue weighted by Crippen LogP contribution is 2.12. The minimum Gasteiger partial charge on any atom is -0.396 e. The van der Waals surface area contributed by atoms with Crippen LogP contribution in [0.1, 0.15) is 26.7 Å². The Hall–Kier alpha value is -0.0800. The van der Waals surface area contributed by atoms with Crippen LogP contribution in [0.2, 0.25) is 0 Å². The maximum atomic E-state index is 8.63. The number of rotatable bonds is 5. The van der Waals surface area contributed by atoms with Gasteiger partial charge in [0.15, 0.2) is 0 Å². The molecule has 0 heterocycles.